The second-order valence-electron chi connectivity index (χ2n) is 6.06. The molecule has 0 spiro atoms. The molecule has 1 fully saturated rings. The van der Waals surface area contributed by atoms with Crippen LogP contribution in [-0.4, -0.2) is 25.2 Å². The molecular weight excluding hydrogens is 343 g/mol. The van der Waals surface area contributed by atoms with E-state index < -0.39 is 17.6 Å². The molecule has 0 saturated carbocycles. The van der Waals surface area contributed by atoms with Crippen LogP contribution in [0.15, 0.2) is 53.6 Å². The first kappa shape index (κ1) is 18.0. The number of rotatable bonds is 4. The number of anilines is 1. The number of alkyl halides is 3. The molecule has 1 saturated heterocycles. The van der Waals surface area contributed by atoms with Crippen LogP contribution < -0.4 is 10.3 Å². The third kappa shape index (κ3) is 4.41. The van der Waals surface area contributed by atoms with Gasteiger partial charge in [0.25, 0.3) is 5.91 Å². The number of benzene rings is 2. The average Bonchev–Trinajstić information content (AvgIpc) is 3.16. The summed E-state index contributed by atoms with van der Waals surface area (Å²) in [5, 5.41) is 3.82. The first-order valence-electron chi connectivity index (χ1n) is 8.29. The van der Waals surface area contributed by atoms with E-state index in [9.17, 15) is 18.0 Å². The van der Waals surface area contributed by atoms with E-state index in [4.69, 9.17) is 0 Å². The van der Waals surface area contributed by atoms with E-state index in [-0.39, 0.29) is 5.56 Å². The van der Waals surface area contributed by atoms with Gasteiger partial charge in [0, 0.05) is 24.3 Å². The molecule has 7 heteroatoms. The smallest absolute Gasteiger partial charge is 0.372 e. The van der Waals surface area contributed by atoms with Crippen LogP contribution in [0.2, 0.25) is 0 Å². The summed E-state index contributed by atoms with van der Waals surface area (Å²) in [7, 11) is 0. The summed E-state index contributed by atoms with van der Waals surface area (Å²) < 4.78 is 38.1. The number of carbonyl (C=O) groups excluding carboxylic acids is 1. The van der Waals surface area contributed by atoms with Crippen LogP contribution in [0.5, 0.6) is 0 Å². The highest BCUT2D eigenvalue weighted by Crippen LogP contribution is 2.29. The van der Waals surface area contributed by atoms with Gasteiger partial charge in [0.05, 0.1) is 11.8 Å². The lowest BCUT2D eigenvalue weighted by Crippen LogP contribution is -2.18. The summed E-state index contributed by atoms with van der Waals surface area (Å²) in [6, 6.07) is 12.0. The Morgan fingerprint density at radius 2 is 1.77 bits per heavy atom. The van der Waals surface area contributed by atoms with Crippen molar-refractivity contribution in [2.24, 2.45) is 5.10 Å². The zero-order valence-electron chi connectivity index (χ0n) is 14.0. The van der Waals surface area contributed by atoms with Crippen LogP contribution >= 0.6 is 0 Å². The molecule has 0 aliphatic carbocycles. The van der Waals surface area contributed by atoms with Gasteiger partial charge in [-0.15, -0.1) is 0 Å². The second kappa shape index (κ2) is 7.59. The molecule has 2 aromatic carbocycles. The van der Waals surface area contributed by atoms with Crippen molar-refractivity contribution >= 4 is 17.8 Å². The molecule has 4 nitrogen and oxygen atoms in total. The molecule has 1 aliphatic heterocycles. The Labute approximate surface area is 149 Å². The normalized spacial score (nSPS) is 14.8. The lowest BCUT2D eigenvalue weighted by molar-refractivity contribution is -0.137. The predicted molar refractivity (Wildman–Crippen MR) is 94.4 cm³/mol. The van der Waals surface area contributed by atoms with Gasteiger partial charge in [-0.3, -0.25) is 4.79 Å². The largest absolute Gasteiger partial charge is 0.416 e. The van der Waals surface area contributed by atoms with Gasteiger partial charge in [0.15, 0.2) is 0 Å². The number of halogens is 3. The maximum Gasteiger partial charge on any atom is 0.416 e. The summed E-state index contributed by atoms with van der Waals surface area (Å²) in [6.45, 7) is 2.11. The first-order valence-corrected chi connectivity index (χ1v) is 8.29. The Morgan fingerprint density at radius 1 is 1.08 bits per heavy atom. The van der Waals surface area contributed by atoms with Crippen LogP contribution in [0.3, 0.4) is 0 Å². The van der Waals surface area contributed by atoms with Crippen molar-refractivity contribution < 1.29 is 18.0 Å². The van der Waals surface area contributed by atoms with Gasteiger partial charge >= 0.3 is 6.18 Å². The maximum atomic E-state index is 12.7. The minimum absolute atomic E-state index is 0.0960. The van der Waals surface area contributed by atoms with E-state index in [1.807, 2.05) is 24.3 Å². The molecule has 3 rings (SSSR count). The van der Waals surface area contributed by atoms with Gasteiger partial charge in [-0.05, 0) is 48.7 Å². The van der Waals surface area contributed by atoms with Gasteiger partial charge in [-0.1, -0.05) is 18.2 Å². The lowest BCUT2D eigenvalue weighted by Gasteiger charge is -2.17. The minimum atomic E-state index is -4.49. The van der Waals surface area contributed by atoms with Gasteiger partial charge < -0.3 is 4.90 Å². The zero-order chi connectivity index (χ0) is 18.6. The first-order chi connectivity index (χ1) is 12.4. The molecule has 136 valence electrons. The van der Waals surface area contributed by atoms with Crippen LogP contribution in [0, 0.1) is 0 Å². The highest BCUT2D eigenvalue weighted by Gasteiger charge is 2.30. The Morgan fingerprint density at radius 3 is 2.42 bits per heavy atom. The summed E-state index contributed by atoms with van der Waals surface area (Å²) in [5.74, 6) is -0.693. The fraction of sp³-hybridized carbons (Fsp3) is 0.263. The van der Waals surface area contributed by atoms with Crippen LogP contribution in [-0.2, 0) is 6.18 Å². The summed E-state index contributed by atoms with van der Waals surface area (Å²) in [5.41, 5.74) is 3.22. The van der Waals surface area contributed by atoms with E-state index in [0.717, 1.165) is 36.5 Å². The highest BCUT2D eigenvalue weighted by atomic mass is 19.4. The third-order valence-corrected chi connectivity index (χ3v) is 4.20. The topological polar surface area (TPSA) is 44.7 Å². The van der Waals surface area contributed by atoms with E-state index in [1.165, 1.54) is 31.2 Å². The van der Waals surface area contributed by atoms with Crippen LogP contribution in [0.1, 0.15) is 34.3 Å². The van der Waals surface area contributed by atoms with Crippen LogP contribution in [0.25, 0.3) is 0 Å². The Kier molecular flexibility index (Phi) is 5.25. The number of hydrogen-bond acceptors (Lipinski definition) is 3. The number of hydrazone groups is 1. The summed E-state index contributed by atoms with van der Waals surface area (Å²) >= 11 is 0. The molecular formula is C19H18F3N3O. The summed E-state index contributed by atoms with van der Waals surface area (Å²) in [4.78, 5) is 14.2. The lowest BCUT2D eigenvalue weighted by atomic mass is 10.1. The van der Waals surface area contributed by atoms with Crippen molar-refractivity contribution in [1.82, 2.24) is 5.43 Å². The van der Waals surface area contributed by atoms with Gasteiger partial charge in [0.2, 0.25) is 0 Å². The van der Waals surface area contributed by atoms with Crippen LogP contribution in [0.4, 0.5) is 18.9 Å². The number of hydrogen-bond donors (Lipinski definition) is 1. The molecule has 0 bridgehead atoms. The van der Waals surface area contributed by atoms with Crippen molar-refractivity contribution in [3.63, 3.8) is 0 Å². The SMILES string of the molecule is O=C(N/N=C/c1ccc(N2CCCC2)cc1)c1cccc(C(F)(F)F)c1. The third-order valence-electron chi connectivity index (χ3n) is 4.20. The highest BCUT2D eigenvalue weighted by molar-refractivity contribution is 5.95. The van der Waals surface area contributed by atoms with Crippen molar-refractivity contribution in [2.75, 3.05) is 18.0 Å². The molecule has 1 aliphatic rings. The molecule has 0 unspecified atom stereocenters. The monoisotopic (exact) mass is 361 g/mol. The second-order valence-corrected chi connectivity index (χ2v) is 6.06. The molecule has 0 aromatic heterocycles. The number of carbonyl (C=O) groups is 1. The van der Waals surface area contributed by atoms with Crippen molar-refractivity contribution in [3.8, 4) is 0 Å². The van der Waals surface area contributed by atoms with Crippen molar-refractivity contribution in [2.45, 2.75) is 19.0 Å². The summed E-state index contributed by atoms with van der Waals surface area (Å²) in [6.07, 6.45) is -0.633. The number of amides is 1. The average molecular weight is 361 g/mol. The number of nitrogens with one attached hydrogen (secondary N) is 1. The van der Waals surface area contributed by atoms with Crippen molar-refractivity contribution in [3.05, 3.63) is 65.2 Å². The molecule has 0 atom stereocenters. The van der Waals surface area contributed by atoms with Crippen molar-refractivity contribution in [1.29, 1.82) is 0 Å². The standard InChI is InChI=1S/C19H18F3N3O/c20-19(21,22)16-5-3-4-15(12-16)18(26)24-23-13-14-6-8-17(9-7-14)25-10-1-2-11-25/h3-9,12-13H,1-2,10-11H2,(H,24,26)/b23-13+. The molecule has 2 aromatic rings. The fourth-order valence-corrected chi connectivity index (χ4v) is 2.81. The van der Waals surface area contributed by atoms with E-state index in [1.54, 1.807) is 0 Å². The molecule has 1 amide bonds. The van der Waals surface area contributed by atoms with E-state index in [2.05, 4.69) is 15.4 Å². The Balaban J connectivity index is 1.60. The zero-order valence-corrected chi connectivity index (χ0v) is 14.0. The Hall–Kier alpha value is -2.83. The van der Waals surface area contributed by atoms with E-state index >= 15 is 0 Å². The molecule has 26 heavy (non-hydrogen) atoms. The molecule has 0 radical (unpaired) electrons. The van der Waals surface area contributed by atoms with Gasteiger partial charge in [-0.2, -0.15) is 18.3 Å². The van der Waals surface area contributed by atoms with Gasteiger partial charge in [-0.25, -0.2) is 5.43 Å². The Bertz CT molecular complexity index is 794. The quantitative estimate of drug-likeness (QED) is 0.659. The fourth-order valence-electron chi connectivity index (χ4n) is 2.81. The maximum absolute atomic E-state index is 12.7. The predicted octanol–water partition coefficient (Wildman–Crippen LogP) is 4.07. The molecule has 1 heterocycles. The molecule has 1 N–H and O–H groups in total. The number of nitrogens with zero attached hydrogens (tertiary/aromatic N) is 2. The van der Waals surface area contributed by atoms with E-state index in [0.29, 0.717) is 0 Å². The minimum Gasteiger partial charge on any atom is -0.372 e. The van der Waals surface area contributed by atoms with Gasteiger partial charge in [0.1, 0.15) is 0 Å².